The highest BCUT2D eigenvalue weighted by Gasteiger charge is 2.08. The fraction of sp³-hybridized carbons (Fsp3) is 0.125. The molecule has 0 aliphatic heterocycles. The zero-order valence-corrected chi connectivity index (χ0v) is 7.48. The molecular weight excluding hydrogens is 185 g/mol. The summed E-state index contributed by atoms with van der Waals surface area (Å²) in [4.78, 5) is 0. The van der Waals surface area contributed by atoms with Gasteiger partial charge in [0.1, 0.15) is 11.5 Å². The standard InChI is InChI=1S/C8H8FN5/c1-5-11-12-13-14(5)8-4-6(10)2-3-7(8)9/h2-4H,10H2,1H3. The van der Waals surface area contributed by atoms with Crippen LogP contribution in [0.25, 0.3) is 5.69 Å². The number of hydrogen-bond acceptors (Lipinski definition) is 4. The summed E-state index contributed by atoms with van der Waals surface area (Å²) in [7, 11) is 0. The second-order valence-electron chi connectivity index (χ2n) is 2.85. The van der Waals surface area contributed by atoms with Crippen molar-refractivity contribution in [3.05, 3.63) is 29.8 Å². The van der Waals surface area contributed by atoms with Gasteiger partial charge in [-0.15, -0.1) is 5.10 Å². The molecule has 2 N–H and O–H groups in total. The Kier molecular flexibility index (Phi) is 1.88. The number of nitrogens with two attached hydrogens (primary N) is 1. The average Bonchev–Trinajstić information content (AvgIpc) is 2.56. The van der Waals surface area contributed by atoms with E-state index in [0.29, 0.717) is 11.5 Å². The fourth-order valence-electron chi connectivity index (χ4n) is 1.15. The van der Waals surface area contributed by atoms with Gasteiger partial charge in [-0.1, -0.05) is 0 Å². The molecule has 0 atom stereocenters. The molecular formula is C8H8FN5. The summed E-state index contributed by atoms with van der Waals surface area (Å²) < 4.78 is 14.6. The summed E-state index contributed by atoms with van der Waals surface area (Å²) in [6.45, 7) is 1.68. The van der Waals surface area contributed by atoms with Gasteiger partial charge in [-0.25, -0.2) is 4.39 Å². The molecule has 2 aromatic rings. The molecule has 0 saturated carbocycles. The Morgan fingerprint density at radius 1 is 1.43 bits per heavy atom. The zero-order chi connectivity index (χ0) is 10.1. The largest absolute Gasteiger partial charge is 0.399 e. The highest BCUT2D eigenvalue weighted by molar-refractivity contribution is 5.48. The Balaban J connectivity index is 2.62. The van der Waals surface area contributed by atoms with E-state index >= 15 is 0 Å². The molecule has 0 unspecified atom stereocenters. The molecule has 0 amide bonds. The third kappa shape index (κ3) is 1.30. The minimum Gasteiger partial charge on any atom is -0.399 e. The number of nitrogens with zero attached hydrogens (tertiary/aromatic N) is 4. The van der Waals surface area contributed by atoms with Gasteiger partial charge in [0.2, 0.25) is 0 Å². The molecule has 1 aromatic carbocycles. The van der Waals surface area contributed by atoms with Crippen molar-refractivity contribution in [3.63, 3.8) is 0 Å². The number of aryl methyl sites for hydroxylation is 1. The van der Waals surface area contributed by atoms with Crippen LogP contribution in [0.1, 0.15) is 5.82 Å². The maximum atomic E-state index is 13.3. The molecule has 0 fully saturated rings. The lowest BCUT2D eigenvalue weighted by Gasteiger charge is -2.03. The Morgan fingerprint density at radius 2 is 2.21 bits per heavy atom. The first kappa shape index (κ1) is 8.61. The molecule has 2 rings (SSSR count). The smallest absolute Gasteiger partial charge is 0.153 e. The van der Waals surface area contributed by atoms with E-state index < -0.39 is 5.82 Å². The van der Waals surface area contributed by atoms with Crippen LogP contribution < -0.4 is 5.73 Å². The highest BCUT2D eigenvalue weighted by Crippen LogP contribution is 2.16. The SMILES string of the molecule is Cc1nnnn1-c1cc(N)ccc1F. The quantitative estimate of drug-likeness (QED) is 0.676. The molecule has 1 heterocycles. The van der Waals surface area contributed by atoms with Gasteiger partial charge in [0.25, 0.3) is 0 Å². The Labute approximate surface area is 79.3 Å². The first-order chi connectivity index (χ1) is 6.68. The highest BCUT2D eigenvalue weighted by atomic mass is 19.1. The van der Waals surface area contributed by atoms with Crippen molar-refractivity contribution in [2.24, 2.45) is 0 Å². The van der Waals surface area contributed by atoms with Crippen LogP contribution in [0.3, 0.4) is 0 Å². The summed E-state index contributed by atoms with van der Waals surface area (Å²) in [5.41, 5.74) is 6.26. The second-order valence-corrected chi connectivity index (χ2v) is 2.85. The summed E-state index contributed by atoms with van der Waals surface area (Å²) in [5.74, 6) is 0.101. The molecule has 72 valence electrons. The third-order valence-electron chi connectivity index (χ3n) is 1.82. The molecule has 1 aromatic heterocycles. The topological polar surface area (TPSA) is 69.6 Å². The summed E-state index contributed by atoms with van der Waals surface area (Å²) in [5, 5.41) is 10.7. The van der Waals surface area contributed by atoms with Crippen LogP contribution in [-0.4, -0.2) is 20.2 Å². The number of rotatable bonds is 1. The van der Waals surface area contributed by atoms with E-state index in [1.54, 1.807) is 6.92 Å². The van der Waals surface area contributed by atoms with Crippen molar-refractivity contribution in [3.8, 4) is 5.69 Å². The van der Waals surface area contributed by atoms with Crippen LogP contribution in [0.5, 0.6) is 0 Å². The average molecular weight is 193 g/mol. The van der Waals surface area contributed by atoms with E-state index in [0.717, 1.165) is 0 Å². The van der Waals surface area contributed by atoms with E-state index in [1.807, 2.05) is 0 Å². The van der Waals surface area contributed by atoms with Crippen LogP contribution in [-0.2, 0) is 0 Å². The lowest BCUT2D eigenvalue weighted by atomic mass is 10.2. The van der Waals surface area contributed by atoms with Gasteiger partial charge in [-0.2, -0.15) is 4.68 Å². The summed E-state index contributed by atoms with van der Waals surface area (Å²) >= 11 is 0. The first-order valence-electron chi connectivity index (χ1n) is 3.99. The van der Waals surface area contributed by atoms with Gasteiger partial charge in [0.15, 0.2) is 5.82 Å². The van der Waals surface area contributed by atoms with Crippen molar-refractivity contribution in [1.82, 2.24) is 20.2 Å². The molecule has 0 radical (unpaired) electrons. The summed E-state index contributed by atoms with van der Waals surface area (Å²) in [6.07, 6.45) is 0. The van der Waals surface area contributed by atoms with Gasteiger partial charge in [0, 0.05) is 5.69 Å². The Hall–Kier alpha value is -1.98. The van der Waals surface area contributed by atoms with E-state index in [-0.39, 0.29) is 5.69 Å². The zero-order valence-electron chi connectivity index (χ0n) is 7.48. The van der Waals surface area contributed by atoms with Crippen LogP contribution in [0.15, 0.2) is 18.2 Å². The van der Waals surface area contributed by atoms with Gasteiger partial charge in [0.05, 0.1) is 0 Å². The van der Waals surface area contributed by atoms with Crippen molar-refractivity contribution in [1.29, 1.82) is 0 Å². The van der Waals surface area contributed by atoms with Gasteiger partial charge >= 0.3 is 0 Å². The summed E-state index contributed by atoms with van der Waals surface area (Å²) in [6, 6.07) is 4.25. The van der Waals surface area contributed by atoms with Crippen LogP contribution in [0, 0.1) is 12.7 Å². The number of aromatic nitrogens is 4. The van der Waals surface area contributed by atoms with E-state index in [4.69, 9.17) is 5.73 Å². The van der Waals surface area contributed by atoms with E-state index in [1.165, 1.54) is 22.9 Å². The Morgan fingerprint density at radius 3 is 2.86 bits per heavy atom. The minimum atomic E-state index is -0.408. The lowest BCUT2D eigenvalue weighted by Crippen LogP contribution is -2.03. The van der Waals surface area contributed by atoms with E-state index in [9.17, 15) is 4.39 Å². The van der Waals surface area contributed by atoms with Crippen molar-refractivity contribution < 1.29 is 4.39 Å². The number of hydrogen-bond donors (Lipinski definition) is 1. The van der Waals surface area contributed by atoms with Crippen molar-refractivity contribution >= 4 is 5.69 Å². The molecule has 6 heteroatoms. The minimum absolute atomic E-state index is 0.257. The molecule has 0 aliphatic carbocycles. The predicted molar refractivity (Wildman–Crippen MR) is 48.3 cm³/mol. The van der Waals surface area contributed by atoms with Crippen molar-refractivity contribution in [2.45, 2.75) is 6.92 Å². The number of benzene rings is 1. The normalized spacial score (nSPS) is 10.4. The maximum Gasteiger partial charge on any atom is 0.153 e. The third-order valence-corrected chi connectivity index (χ3v) is 1.82. The molecule has 0 bridgehead atoms. The number of anilines is 1. The van der Waals surface area contributed by atoms with Gasteiger partial charge in [-0.05, 0) is 35.5 Å². The molecule has 0 saturated heterocycles. The lowest BCUT2D eigenvalue weighted by molar-refractivity contribution is 0.605. The second kappa shape index (κ2) is 3.06. The van der Waals surface area contributed by atoms with Crippen LogP contribution in [0.2, 0.25) is 0 Å². The molecule has 0 aliphatic rings. The number of halogens is 1. The monoisotopic (exact) mass is 193 g/mol. The molecule has 0 spiro atoms. The van der Waals surface area contributed by atoms with Crippen molar-refractivity contribution in [2.75, 3.05) is 5.73 Å². The molecule has 14 heavy (non-hydrogen) atoms. The van der Waals surface area contributed by atoms with Crippen LogP contribution >= 0.6 is 0 Å². The predicted octanol–water partition coefficient (Wildman–Crippen LogP) is 0.692. The first-order valence-corrected chi connectivity index (χ1v) is 3.99. The van der Waals surface area contributed by atoms with E-state index in [2.05, 4.69) is 15.5 Å². The fourth-order valence-corrected chi connectivity index (χ4v) is 1.15. The Bertz CT molecular complexity index is 465. The number of tetrazole rings is 1. The maximum absolute atomic E-state index is 13.3. The number of nitrogen functional groups attached to an aromatic ring is 1. The van der Waals surface area contributed by atoms with Gasteiger partial charge in [-0.3, -0.25) is 0 Å². The van der Waals surface area contributed by atoms with Gasteiger partial charge < -0.3 is 5.73 Å². The molecule has 5 nitrogen and oxygen atoms in total. The van der Waals surface area contributed by atoms with Crippen LogP contribution in [0.4, 0.5) is 10.1 Å².